The number of ether oxygens (including phenoxy) is 2. The molecule has 0 N–H and O–H groups in total. The molecule has 4 nitrogen and oxygen atoms in total. The van der Waals surface area contributed by atoms with Gasteiger partial charge in [-0.2, -0.15) is 0 Å². The molecule has 0 saturated carbocycles. The first-order valence-corrected chi connectivity index (χ1v) is 12.3. The summed E-state index contributed by atoms with van der Waals surface area (Å²) in [7, 11) is -3.77. The van der Waals surface area contributed by atoms with Crippen LogP contribution < -0.4 is 10.4 Å². The van der Waals surface area contributed by atoms with Crippen molar-refractivity contribution >= 4 is 52.8 Å². The third-order valence-electron chi connectivity index (χ3n) is 4.26. The molecule has 0 saturated heterocycles. The highest BCUT2D eigenvalue weighted by atomic mass is 35.5. The van der Waals surface area contributed by atoms with Gasteiger partial charge in [0.05, 0.1) is 13.2 Å². The monoisotopic (exact) mass is 452 g/mol. The van der Waals surface area contributed by atoms with Gasteiger partial charge in [0.25, 0.3) is 11.2 Å². The number of hydrogen-bond donors (Lipinski definition) is 0. The van der Waals surface area contributed by atoms with Crippen molar-refractivity contribution in [2.75, 3.05) is 13.2 Å². The maximum Gasteiger partial charge on any atom is 0.370 e. The Labute approximate surface area is 183 Å². The minimum Gasteiger partial charge on any atom is -0.469 e. The summed E-state index contributed by atoms with van der Waals surface area (Å²) in [5.74, 6) is 0.264. The molecule has 2 aromatic rings. The Morgan fingerprint density at radius 2 is 1.03 bits per heavy atom. The highest BCUT2D eigenvalue weighted by Gasteiger charge is 2.57. The molecule has 0 aliphatic carbocycles. The fraction of sp³-hybridized carbons (Fsp3) is 0.364. The van der Waals surface area contributed by atoms with E-state index in [0.29, 0.717) is 20.4 Å². The van der Waals surface area contributed by atoms with Crippen molar-refractivity contribution in [1.29, 1.82) is 0 Å². The standard InChI is InChI=1S/C22H26Cl2O4Si/c1-15(2)13-27-21(25)29(22(26)28-14-16(3)4,19-9-5-17(23)6-10-19)20-11-7-18(24)8-12-20/h5-12,15-16H,13-14H2,1-4H3. The van der Waals surface area contributed by atoms with E-state index >= 15 is 0 Å². The van der Waals surface area contributed by atoms with E-state index in [1.807, 2.05) is 27.7 Å². The molecule has 7 heteroatoms. The Kier molecular flexibility index (Phi) is 8.31. The second-order valence-corrected chi connectivity index (χ2v) is 12.1. The smallest absolute Gasteiger partial charge is 0.370 e. The van der Waals surface area contributed by atoms with Gasteiger partial charge in [-0.05, 0) is 46.5 Å². The molecule has 0 aliphatic rings. The van der Waals surface area contributed by atoms with Crippen molar-refractivity contribution < 1.29 is 19.1 Å². The minimum absolute atomic E-state index is 0.132. The molecule has 0 aliphatic heterocycles. The Balaban J connectivity index is 2.68. The molecule has 2 rings (SSSR count). The van der Waals surface area contributed by atoms with Crippen molar-refractivity contribution in [1.82, 2.24) is 0 Å². The zero-order valence-corrected chi connectivity index (χ0v) is 19.6. The third-order valence-corrected chi connectivity index (χ3v) is 8.68. The van der Waals surface area contributed by atoms with Crippen LogP contribution in [0.2, 0.25) is 10.0 Å². The summed E-state index contributed by atoms with van der Waals surface area (Å²) in [6, 6.07) is 13.5. The van der Waals surface area contributed by atoms with E-state index in [2.05, 4.69) is 0 Å². The number of halogens is 2. The lowest BCUT2D eigenvalue weighted by molar-refractivity contribution is 0.147. The van der Waals surface area contributed by atoms with Crippen LogP contribution in [0.25, 0.3) is 0 Å². The van der Waals surface area contributed by atoms with Gasteiger partial charge in [-0.15, -0.1) is 0 Å². The van der Waals surface area contributed by atoms with Gasteiger partial charge in [0.1, 0.15) is 0 Å². The molecule has 0 amide bonds. The second-order valence-electron chi connectivity index (χ2n) is 7.75. The molecular weight excluding hydrogens is 427 g/mol. The molecule has 0 atom stereocenters. The summed E-state index contributed by atoms with van der Waals surface area (Å²) in [5.41, 5.74) is -1.10. The van der Waals surface area contributed by atoms with Gasteiger partial charge in [-0.3, -0.25) is 9.59 Å². The minimum atomic E-state index is -3.77. The number of carbonyl (C=O) groups excluding carboxylic acids is 2. The number of carbonyl (C=O) groups is 2. The van der Waals surface area contributed by atoms with Gasteiger partial charge in [0.15, 0.2) is 0 Å². The largest absolute Gasteiger partial charge is 0.469 e. The molecule has 0 radical (unpaired) electrons. The molecule has 0 unspecified atom stereocenters. The lowest BCUT2D eigenvalue weighted by atomic mass is 10.2. The Bertz CT molecular complexity index is 761. The number of rotatable bonds is 8. The van der Waals surface area contributed by atoms with E-state index in [9.17, 15) is 9.59 Å². The Morgan fingerprint density at radius 3 is 1.31 bits per heavy atom. The van der Waals surface area contributed by atoms with E-state index in [1.165, 1.54) is 0 Å². The molecule has 156 valence electrons. The predicted molar refractivity (Wildman–Crippen MR) is 120 cm³/mol. The predicted octanol–water partition coefficient (Wildman–Crippen LogP) is 5.31. The van der Waals surface area contributed by atoms with E-state index in [1.54, 1.807) is 48.5 Å². The first kappa shape index (κ1) is 23.5. The summed E-state index contributed by atoms with van der Waals surface area (Å²) in [6.45, 7) is 8.20. The van der Waals surface area contributed by atoms with Crippen LogP contribution in [0.3, 0.4) is 0 Å². The first-order chi connectivity index (χ1) is 13.7. The number of benzene rings is 2. The Morgan fingerprint density at radius 1 is 0.724 bits per heavy atom. The zero-order chi connectivity index (χ0) is 21.6. The molecular formula is C22H26Cl2O4Si. The van der Waals surface area contributed by atoms with Crippen LogP contribution in [0.15, 0.2) is 48.5 Å². The molecule has 0 heterocycles. The van der Waals surface area contributed by atoms with E-state index < -0.39 is 19.3 Å². The van der Waals surface area contributed by atoms with Crippen LogP contribution in [0.1, 0.15) is 27.7 Å². The summed E-state index contributed by atoms with van der Waals surface area (Å²) in [6.07, 6.45) is 0. The van der Waals surface area contributed by atoms with Crippen molar-refractivity contribution in [3.63, 3.8) is 0 Å². The lowest BCUT2D eigenvalue weighted by Crippen LogP contribution is -2.70. The summed E-state index contributed by atoms with van der Waals surface area (Å²) in [5, 5.41) is 2.15. The molecule has 2 aromatic carbocycles. The first-order valence-electron chi connectivity index (χ1n) is 9.54. The van der Waals surface area contributed by atoms with E-state index in [-0.39, 0.29) is 25.0 Å². The van der Waals surface area contributed by atoms with Crippen molar-refractivity contribution in [2.45, 2.75) is 27.7 Å². The number of hydrogen-bond acceptors (Lipinski definition) is 4. The van der Waals surface area contributed by atoms with Crippen LogP contribution >= 0.6 is 23.2 Å². The molecule has 0 bridgehead atoms. The van der Waals surface area contributed by atoms with Crippen molar-refractivity contribution in [3.05, 3.63) is 58.6 Å². The normalized spacial score (nSPS) is 11.6. The lowest BCUT2D eigenvalue weighted by Gasteiger charge is -2.28. The molecule has 0 spiro atoms. The maximum absolute atomic E-state index is 13.5. The van der Waals surface area contributed by atoms with Gasteiger partial charge in [-0.25, -0.2) is 0 Å². The third kappa shape index (κ3) is 5.62. The van der Waals surface area contributed by atoms with Gasteiger partial charge in [0.2, 0.25) is 0 Å². The quantitative estimate of drug-likeness (QED) is 0.509. The van der Waals surface area contributed by atoms with Crippen LogP contribution in [0.4, 0.5) is 9.59 Å². The zero-order valence-electron chi connectivity index (χ0n) is 17.1. The van der Waals surface area contributed by atoms with Gasteiger partial charge < -0.3 is 9.47 Å². The van der Waals surface area contributed by atoms with Crippen LogP contribution in [0, 0.1) is 11.8 Å². The topological polar surface area (TPSA) is 52.6 Å². The summed E-state index contributed by atoms with van der Waals surface area (Å²) >= 11 is 12.1. The average Bonchev–Trinajstić information content (AvgIpc) is 2.67. The van der Waals surface area contributed by atoms with Crippen LogP contribution in [-0.4, -0.2) is 32.5 Å². The van der Waals surface area contributed by atoms with E-state index in [4.69, 9.17) is 32.7 Å². The van der Waals surface area contributed by atoms with Gasteiger partial charge in [0, 0.05) is 10.0 Å². The summed E-state index contributed by atoms with van der Waals surface area (Å²) in [4.78, 5) is 27.0. The highest BCUT2D eigenvalue weighted by molar-refractivity contribution is 7.37. The van der Waals surface area contributed by atoms with Crippen molar-refractivity contribution in [2.24, 2.45) is 11.8 Å². The molecule has 0 aromatic heterocycles. The van der Waals surface area contributed by atoms with E-state index in [0.717, 1.165) is 0 Å². The summed E-state index contributed by atoms with van der Waals surface area (Å²) < 4.78 is 11.2. The van der Waals surface area contributed by atoms with Gasteiger partial charge >= 0.3 is 8.07 Å². The van der Waals surface area contributed by atoms with Gasteiger partial charge in [-0.1, -0.05) is 75.2 Å². The second kappa shape index (κ2) is 10.3. The molecule has 0 fully saturated rings. The fourth-order valence-corrected chi connectivity index (χ4v) is 6.45. The van der Waals surface area contributed by atoms with Crippen LogP contribution in [-0.2, 0) is 9.47 Å². The fourth-order valence-electron chi connectivity index (χ4n) is 2.82. The average molecular weight is 453 g/mol. The van der Waals surface area contributed by atoms with Crippen LogP contribution in [0.5, 0.6) is 0 Å². The SMILES string of the molecule is CC(C)COC(=O)[Si](C(=O)OCC(C)C)(c1ccc(Cl)cc1)c1ccc(Cl)cc1. The Hall–Kier alpha value is -1.82. The maximum atomic E-state index is 13.5. The highest BCUT2D eigenvalue weighted by Crippen LogP contribution is 2.18. The van der Waals surface area contributed by atoms with Crippen molar-refractivity contribution in [3.8, 4) is 0 Å². The molecule has 29 heavy (non-hydrogen) atoms.